The van der Waals surface area contributed by atoms with E-state index in [1.54, 1.807) is 19.6 Å². The van der Waals surface area contributed by atoms with Crippen LogP contribution in [-0.2, 0) is 9.53 Å². The highest BCUT2D eigenvalue weighted by Crippen LogP contribution is 2.21. The molecule has 1 aromatic rings. The first-order valence-corrected chi connectivity index (χ1v) is 5.87. The number of likely N-dealkylation sites (N-methyl/N-ethyl adjacent to an activating group) is 1. The third-order valence-electron chi connectivity index (χ3n) is 3.02. The summed E-state index contributed by atoms with van der Waals surface area (Å²) in [5.41, 5.74) is -0.667. The first kappa shape index (κ1) is 13.7. The number of hydrogen-bond donors (Lipinski definition) is 1. The van der Waals surface area contributed by atoms with Crippen LogP contribution in [0, 0.1) is 0 Å². The van der Waals surface area contributed by atoms with E-state index in [0.717, 1.165) is 0 Å². The second kappa shape index (κ2) is 5.82. The minimum absolute atomic E-state index is 0.180. The van der Waals surface area contributed by atoms with E-state index in [9.17, 15) is 4.79 Å². The van der Waals surface area contributed by atoms with Gasteiger partial charge in [0.2, 0.25) is 0 Å². The molecule has 96 valence electrons. The third kappa shape index (κ3) is 3.30. The Labute approximate surface area is 102 Å². The molecule has 5 nitrogen and oxygen atoms in total. The van der Waals surface area contributed by atoms with Crippen molar-refractivity contribution in [2.45, 2.75) is 38.8 Å². The van der Waals surface area contributed by atoms with Gasteiger partial charge in [-0.25, -0.2) is 4.98 Å². The van der Waals surface area contributed by atoms with Crippen molar-refractivity contribution in [1.82, 2.24) is 14.9 Å². The third-order valence-corrected chi connectivity index (χ3v) is 3.02. The molecule has 0 saturated heterocycles. The lowest BCUT2D eigenvalue weighted by Crippen LogP contribution is -2.49. The van der Waals surface area contributed by atoms with Gasteiger partial charge < -0.3 is 14.6 Å². The zero-order valence-corrected chi connectivity index (χ0v) is 10.9. The monoisotopic (exact) mass is 239 g/mol. The highest BCUT2D eigenvalue weighted by Gasteiger charge is 2.34. The van der Waals surface area contributed by atoms with Crippen LogP contribution in [0.4, 0.5) is 0 Å². The van der Waals surface area contributed by atoms with E-state index in [4.69, 9.17) is 4.74 Å². The lowest BCUT2D eigenvalue weighted by Gasteiger charge is -2.29. The van der Waals surface area contributed by atoms with Crippen molar-refractivity contribution < 1.29 is 9.53 Å². The Bertz CT molecular complexity index is 351. The summed E-state index contributed by atoms with van der Waals surface area (Å²) in [6, 6.07) is 0.180. The summed E-state index contributed by atoms with van der Waals surface area (Å²) in [5, 5.41) is 3.05. The molecule has 0 amide bonds. The molecule has 1 N–H and O–H groups in total. The lowest BCUT2D eigenvalue weighted by atomic mass is 9.94. The normalized spacial score (nSPS) is 16.2. The van der Waals surface area contributed by atoms with Gasteiger partial charge in [-0.1, -0.05) is 0 Å². The van der Waals surface area contributed by atoms with Gasteiger partial charge in [0.25, 0.3) is 0 Å². The topological polar surface area (TPSA) is 56.2 Å². The van der Waals surface area contributed by atoms with E-state index in [-0.39, 0.29) is 12.0 Å². The summed E-state index contributed by atoms with van der Waals surface area (Å²) < 4.78 is 7.07. The minimum Gasteiger partial charge on any atom is -0.465 e. The Morgan fingerprint density at radius 1 is 1.65 bits per heavy atom. The molecule has 2 atom stereocenters. The Balaban J connectivity index is 2.71. The fourth-order valence-corrected chi connectivity index (χ4v) is 1.80. The fraction of sp³-hybridized carbons (Fsp3) is 0.667. The number of rotatable bonds is 6. The average Bonchev–Trinajstić information content (AvgIpc) is 2.82. The predicted octanol–water partition coefficient (Wildman–Crippen LogP) is 1.38. The number of carbonyl (C=O) groups excluding carboxylic acids is 1. The van der Waals surface area contributed by atoms with Crippen LogP contribution >= 0.6 is 0 Å². The van der Waals surface area contributed by atoms with Gasteiger partial charge in [0.1, 0.15) is 5.54 Å². The first-order valence-electron chi connectivity index (χ1n) is 5.87. The molecule has 17 heavy (non-hydrogen) atoms. The number of nitrogens with zero attached hydrogens (tertiary/aromatic N) is 2. The van der Waals surface area contributed by atoms with Gasteiger partial charge in [-0.2, -0.15) is 0 Å². The zero-order valence-electron chi connectivity index (χ0n) is 10.9. The maximum Gasteiger partial charge on any atom is 0.326 e. The Kier molecular flexibility index (Phi) is 4.69. The molecule has 0 fully saturated rings. The largest absolute Gasteiger partial charge is 0.465 e. The standard InChI is InChI=1S/C12H21N3O2/c1-5-17-11(16)12(3,13-4)8-10(2)15-7-6-14-9-15/h6-7,9-10,13H,5,8H2,1-4H3. The number of nitrogens with one attached hydrogen (secondary N) is 1. The second-order valence-corrected chi connectivity index (χ2v) is 4.37. The van der Waals surface area contributed by atoms with Crippen LogP contribution in [0.3, 0.4) is 0 Å². The van der Waals surface area contributed by atoms with E-state index < -0.39 is 5.54 Å². The van der Waals surface area contributed by atoms with Crippen LogP contribution in [-0.4, -0.2) is 34.7 Å². The molecule has 0 aliphatic heterocycles. The zero-order chi connectivity index (χ0) is 12.9. The van der Waals surface area contributed by atoms with E-state index in [0.29, 0.717) is 13.0 Å². The SMILES string of the molecule is CCOC(=O)C(C)(CC(C)n1ccnc1)NC. The van der Waals surface area contributed by atoms with E-state index >= 15 is 0 Å². The highest BCUT2D eigenvalue weighted by molar-refractivity contribution is 5.80. The Morgan fingerprint density at radius 3 is 2.82 bits per heavy atom. The number of aromatic nitrogens is 2. The van der Waals surface area contributed by atoms with Crippen LogP contribution in [0.15, 0.2) is 18.7 Å². The van der Waals surface area contributed by atoms with Crippen LogP contribution in [0.1, 0.15) is 33.2 Å². The average molecular weight is 239 g/mol. The van der Waals surface area contributed by atoms with Crippen LogP contribution < -0.4 is 5.32 Å². The molecule has 1 rings (SSSR count). The van der Waals surface area contributed by atoms with Crippen molar-refractivity contribution in [2.24, 2.45) is 0 Å². The van der Waals surface area contributed by atoms with Crippen molar-refractivity contribution in [1.29, 1.82) is 0 Å². The van der Waals surface area contributed by atoms with Crippen molar-refractivity contribution in [3.63, 3.8) is 0 Å². The molecular weight excluding hydrogens is 218 g/mol. The van der Waals surface area contributed by atoms with Gasteiger partial charge in [-0.05, 0) is 34.2 Å². The van der Waals surface area contributed by atoms with Gasteiger partial charge in [0.05, 0.1) is 12.9 Å². The minimum atomic E-state index is -0.667. The van der Waals surface area contributed by atoms with Crippen molar-refractivity contribution in [2.75, 3.05) is 13.7 Å². The molecule has 0 aliphatic carbocycles. The van der Waals surface area contributed by atoms with E-state index in [1.807, 2.05) is 24.6 Å². The number of carbonyl (C=O) groups is 1. The van der Waals surface area contributed by atoms with Crippen molar-refractivity contribution in [3.8, 4) is 0 Å². The van der Waals surface area contributed by atoms with Crippen LogP contribution in [0.2, 0.25) is 0 Å². The van der Waals surface area contributed by atoms with Crippen LogP contribution in [0.25, 0.3) is 0 Å². The molecular formula is C12H21N3O2. The molecule has 0 saturated carbocycles. The van der Waals surface area contributed by atoms with Gasteiger partial charge in [0, 0.05) is 18.4 Å². The highest BCUT2D eigenvalue weighted by atomic mass is 16.5. The number of imidazole rings is 1. The fourth-order valence-electron chi connectivity index (χ4n) is 1.80. The van der Waals surface area contributed by atoms with Crippen molar-refractivity contribution in [3.05, 3.63) is 18.7 Å². The number of hydrogen-bond acceptors (Lipinski definition) is 4. The van der Waals surface area contributed by atoms with Gasteiger partial charge in [-0.15, -0.1) is 0 Å². The predicted molar refractivity (Wildman–Crippen MR) is 65.7 cm³/mol. The quantitative estimate of drug-likeness (QED) is 0.762. The molecule has 1 heterocycles. The summed E-state index contributed by atoms with van der Waals surface area (Å²) >= 11 is 0. The molecule has 0 bridgehead atoms. The van der Waals surface area contributed by atoms with Crippen molar-refractivity contribution >= 4 is 5.97 Å². The number of esters is 1. The Hall–Kier alpha value is -1.36. The maximum absolute atomic E-state index is 11.9. The molecule has 0 aliphatic rings. The number of ether oxygens (including phenoxy) is 1. The lowest BCUT2D eigenvalue weighted by molar-refractivity contribution is -0.151. The second-order valence-electron chi connectivity index (χ2n) is 4.37. The summed E-state index contributed by atoms with van der Waals surface area (Å²) in [4.78, 5) is 15.9. The van der Waals surface area contributed by atoms with E-state index in [1.165, 1.54) is 0 Å². The molecule has 5 heteroatoms. The molecule has 1 aromatic heterocycles. The summed E-state index contributed by atoms with van der Waals surface area (Å²) in [5.74, 6) is -0.213. The van der Waals surface area contributed by atoms with Gasteiger partial charge >= 0.3 is 5.97 Å². The Morgan fingerprint density at radius 2 is 2.35 bits per heavy atom. The van der Waals surface area contributed by atoms with Gasteiger partial charge in [0.15, 0.2) is 0 Å². The molecule has 0 aromatic carbocycles. The van der Waals surface area contributed by atoms with E-state index in [2.05, 4.69) is 17.2 Å². The molecule has 0 spiro atoms. The summed E-state index contributed by atoms with van der Waals surface area (Å²) in [6.07, 6.45) is 6.04. The van der Waals surface area contributed by atoms with Crippen LogP contribution in [0.5, 0.6) is 0 Å². The summed E-state index contributed by atoms with van der Waals surface area (Å²) in [6.45, 7) is 6.12. The smallest absolute Gasteiger partial charge is 0.326 e. The first-order chi connectivity index (χ1) is 8.03. The molecule has 0 radical (unpaired) electrons. The van der Waals surface area contributed by atoms with Gasteiger partial charge in [-0.3, -0.25) is 4.79 Å². The molecule has 2 unspecified atom stereocenters. The summed E-state index contributed by atoms with van der Waals surface area (Å²) in [7, 11) is 1.78. The maximum atomic E-state index is 11.9.